The Hall–Kier alpha value is -1.70. The minimum Gasteiger partial charge on any atom is -0.490 e. The fourth-order valence-electron chi connectivity index (χ4n) is 2.25. The van der Waals surface area contributed by atoms with E-state index in [-0.39, 0.29) is 11.5 Å². The van der Waals surface area contributed by atoms with Crippen molar-refractivity contribution in [1.82, 2.24) is 10.3 Å². The number of fused-ring (bicyclic) bond motifs is 1. The minimum absolute atomic E-state index is 0.101. The third kappa shape index (κ3) is 5.39. The summed E-state index contributed by atoms with van der Waals surface area (Å²) >= 11 is 1.68. The number of aliphatic hydroxyl groups excluding tert-OH is 1. The predicted molar refractivity (Wildman–Crippen MR) is 101 cm³/mol. The SMILES string of the molecule is CCOC(=O)c1cc2c(OCC(O)CNC(C)(C)SC)cccc2[nH]1. The van der Waals surface area contributed by atoms with Crippen molar-refractivity contribution in [2.24, 2.45) is 0 Å². The van der Waals surface area contributed by atoms with E-state index in [2.05, 4.69) is 24.1 Å². The Balaban J connectivity index is 2.02. The van der Waals surface area contributed by atoms with Gasteiger partial charge in [0.05, 0.1) is 11.5 Å². The fourth-order valence-corrected chi connectivity index (χ4v) is 2.48. The highest BCUT2D eigenvalue weighted by molar-refractivity contribution is 7.99. The number of esters is 1. The maximum Gasteiger partial charge on any atom is 0.354 e. The number of thioether (sulfide) groups is 1. The lowest BCUT2D eigenvalue weighted by molar-refractivity contribution is 0.0520. The van der Waals surface area contributed by atoms with Crippen molar-refractivity contribution in [2.75, 3.05) is 26.0 Å². The minimum atomic E-state index is -0.634. The lowest BCUT2D eigenvalue weighted by Gasteiger charge is -2.25. The molecule has 0 aliphatic carbocycles. The van der Waals surface area contributed by atoms with E-state index in [1.807, 2.05) is 24.5 Å². The predicted octanol–water partition coefficient (Wildman–Crippen LogP) is 2.77. The van der Waals surface area contributed by atoms with Crippen LogP contribution in [-0.4, -0.2) is 53.0 Å². The average molecular weight is 366 g/mol. The molecule has 0 amide bonds. The lowest BCUT2D eigenvalue weighted by atomic mass is 10.2. The highest BCUT2D eigenvalue weighted by atomic mass is 32.2. The molecule has 25 heavy (non-hydrogen) atoms. The Labute approximate surface area is 152 Å². The number of carbonyl (C=O) groups is 1. The standard InChI is InChI=1S/C18H26N2O4S/c1-5-23-17(22)15-9-13-14(20-15)7-6-8-16(13)24-11-12(21)10-19-18(2,3)25-4/h6-9,12,19-21H,5,10-11H2,1-4H3. The van der Waals surface area contributed by atoms with Crippen molar-refractivity contribution in [3.63, 3.8) is 0 Å². The van der Waals surface area contributed by atoms with Crippen LogP contribution < -0.4 is 10.1 Å². The van der Waals surface area contributed by atoms with E-state index in [9.17, 15) is 9.90 Å². The van der Waals surface area contributed by atoms with Gasteiger partial charge in [0.2, 0.25) is 0 Å². The molecule has 0 bridgehead atoms. The summed E-state index contributed by atoms with van der Waals surface area (Å²) in [7, 11) is 0. The first-order chi connectivity index (χ1) is 11.9. The number of aliphatic hydroxyl groups is 1. The summed E-state index contributed by atoms with van der Waals surface area (Å²) in [5.74, 6) is 0.223. The first-order valence-electron chi connectivity index (χ1n) is 8.26. The van der Waals surface area contributed by atoms with Gasteiger partial charge in [-0.05, 0) is 45.2 Å². The first-order valence-corrected chi connectivity index (χ1v) is 9.48. The summed E-state index contributed by atoms with van der Waals surface area (Å²) in [5.41, 5.74) is 1.17. The molecule has 0 saturated heterocycles. The van der Waals surface area contributed by atoms with Gasteiger partial charge in [-0.25, -0.2) is 4.79 Å². The number of H-pyrrole nitrogens is 1. The summed E-state index contributed by atoms with van der Waals surface area (Å²) in [4.78, 5) is 14.8. The van der Waals surface area contributed by atoms with Gasteiger partial charge in [0.1, 0.15) is 24.2 Å². The van der Waals surface area contributed by atoms with Crippen LogP contribution in [-0.2, 0) is 4.74 Å². The number of nitrogens with one attached hydrogen (secondary N) is 2. The largest absolute Gasteiger partial charge is 0.490 e. The van der Waals surface area contributed by atoms with Crippen LogP contribution in [0.4, 0.5) is 0 Å². The van der Waals surface area contributed by atoms with E-state index in [0.717, 1.165) is 10.9 Å². The summed E-state index contributed by atoms with van der Waals surface area (Å²) in [6.07, 6.45) is 1.38. The molecule has 7 heteroatoms. The zero-order valence-corrected chi connectivity index (χ0v) is 15.9. The summed E-state index contributed by atoms with van der Waals surface area (Å²) in [5, 5.41) is 14.2. The van der Waals surface area contributed by atoms with Crippen LogP contribution in [0.1, 0.15) is 31.3 Å². The van der Waals surface area contributed by atoms with Crippen molar-refractivity contribution in [2.45, 2.75) is 31.7 Å². The maximum atomic E-state index is 11.9. The normalized spacial score (nSPS) is 13.0. The van der Waals surface area contributed by atoms with E-state index in [0.29, 0.717) is 24.6 Å². The zero-order chi connectivity index (χ0) is 18.4. The number of hydrogen-bond donors (Lipinski definition) is 3. The Morgan fingerprint density at radius 2 is 2.20 bits per heavy atom. The van der Waals surface area contributed by atoms with E-state index in [4.69, 9.17) is 9.47 Å². The molecule has 0 aliphatic rings. The molecule has 0 saturated carbocycles. The molecule has 1 aromatic carbocycles. The smallest absolute Gasteiger partial charge is 0.354 e. The van der Waals surface area contributed by atoms with E-state index < -0.39 is 12.1 Å². The van der Waals surface area contributed by atoms with Gasteiger partial charge in [-0.2, -0.15) is 0 Å². The van der Waals surface area contributed by atoms with Gasteiger partial charge in [0.25, 0.3) is 0 Å². The second-order valence-electron chi connectivity index (χ2n) is 6.18. The Bertz CT molecular complexity index is 714. The molecule has 2 rings (SSSR count). The monoisotopic (exact) mass is 366 g/mol. The quantitative estimate of drug-likeness (QED) is 0.468. The number of aromatic nitrogens is 1. The Kier molecular flexibility index (Phi) is 6.75. The third-order valence-corrected chi connectivity index (χ3v) is 4.99. The van der Waals surface area contributed by atoms with E-state index in [1.54, 1.807) is 24.8 Å². The topological polar surface area (TPSA) is 83.6 Å². The second-order valence-corrected chi connectivity index (χ2v) is 7.61. The number of hydrogen-bond acceptors (Lipinski definition) is 6. The van der Waals surface area contributed by atoms with Crippen molar-refractivity contribution in [1.29, 1.82) is 0 Å². The maximum absolute atomic E-state index is 11.9. The molecule has 0 radical (unpaired) electrons. The van der Waals surface area contributed by atoms with Gasteiger partial charge in [-0.3, -0.25) is 0 Å². The molecule has 3 N–H and O–H groups in total. The van der Waals surface area contributed by atoms with Crippen molar-refractivity contribution in [3.05, 3.63) is 30.0 Å². The van der Waals surface area contributed by atoms with Crippen LogP contribution in [0.2, 0.25) is 0 Å². The van der Waals surface area contributed by atoms with Crippen LogP contribution >= 0.6 is 11.8 Å². The van der Waals surface area contributed by atoms with Crippen LogP contribution in [0.25, 0.3) is 10.9 Å². The molecular weight excluding hydrogens is 340 g/mol. The number of rotatable bonds is 9. The molecule has 0 aliphatic heterocycles. The van der Waals surface area contributed by atoms with Gasteiger partial charge in [0.15, 0.2) is 0 Å². The van der Waals surface area contributed by atoms with Crippen molar-refractivity contribution >= 4 is 28.6 Å². The average Bonchev–Trinajstić information content (AvgIpc) is 3.03. The third-order valence-electron chi connectivity index (χ3n) is 3.82. The van der Waals surface area contributed by atoms with Crippen molar-refractivity contribution < 1.29 is 19.4 Å². The van der Waals surface area contributed by atoms with Gasteiger partial charge < -0.3 is 24.9 Å². The van der Waals surface area contributed by atoms with Crippen LogP contribution in [0.3, 0.4) is 0 Å². The number of benzene rings is 1. The molecular formula is C18H26N2O4S. The summed E-state index contributed by atoms with van der Waals surface area (Å²) in [6, 6.07) is 7.23. The van der Waals surface area contributed by atoms with Crippen LogP contribution in [0.5, 0.6) is 5.75 Å². The van der Waals surface area contributed by atoms with Gasteiger partial charge in [0, 0.05) is 17.4 Å². The molecule has 1 atom stereocenters. The molecule has 0 spiro atoms. The number of aromatic amines is 1. The van der Waals surface area contributed by atoms with Gasteiger partial charge in [-0.1, -0.05) is 6.07 Å². The van der Waals surface area contributed by atoms with E-state index >= 15 is 0 Å². The fraction of sp³-hybridized carbons (Fsp3) is 0.500. The van der Waals surface area contributed by atoms with Crippen LogP contribution in [0.15, 0.2) is 24.3 Å². The highest BCUT2D eigenvalue weighted by Gasteiger charge is 2.18. The van der Waals surface area contributed by atoms with E-state index in [1.165, 1.54) is 0 Å². The second kappa shape index (κ2) is 8.60. The number of ether oxygens (including phenoxy) is 2. The molecule has 1 heterocycles. The molecule has 1 aromatic heterocycles. The highest BCUT2D eigenvalue weighted by Crippen LogP contribution is 2.27. The molecule has 2 aromatic rings. The number of carbonyl (C=O) groups excluding carboxylic acids is 1. The first kappa shape index (κ1) is 19.6. The Morgan fingerprint density at radius 1 is 1.44 bits per heavy atom. The molecule has 138 valence electrons. The van der Waals surface area contributed by atoms with Crippen LogP contribution in [0, 0.1) is 0 Å². The lowest BCUT2D eigenvalue weighted by Crippen LogP contribution is -2.42. The summed E-state index contributed by atoms with van der Waals surface area (Å²) < 4.78 is 10.8. The molecule has 6 nitrogen and oxygen atoms in total. The Morgan fingerprint density at radius 3 is 2.88 bits per heavy atom. The van der Waals surface area contributed by atoms with Gasteiger partial charge in [-0.15, -0.1) is 11.8 Å². The van der Waals surface area contributed by atoms with Crippen molar-refractivity contribution in [3.8, 4) is 5.75 Å². The van der Waals surface area contributed by atoms with Gasteiger partial charge >= 0.3 is 5.97 Å². The molecule has 0 fully saturated rings. The molecule has 1 unspecified atom stereocenters. The summed E-state index contributed by atoms with van der Waals surface area (Å²) in [6.45, 7) is 6.80. The zero-order valence-electron chi connectivity index (χ0n) is 15.1.